The van der Waals surface area contributed by atoms with Crippen LogP contribution in [-0.2, 0) is 10.8 Å². The third kappa shape index (κ3) is 4.69. The van der Waals surface area contributed by atoms with E-state index in [0.717, 1.165) is 11.4 Å². The predicted octanol–water partition coefficient (Wildman–Crippen LogP) is 13.2. The molecule has 66 heavy (non-hydrogen) atoms. The summed E-state index contributed by atoms with van der Waals surface area (Å²) in [6.07, 6.45) is 0. The molecule has 3 aliphatic carbocycles. The summed E-state index contributed by atoms with van der Waals surface area (Å²) in [5.74, 6) is 0. The maximum Gasteiger partial charge on any atom is 0.180 e. The van der Waals surface area contributed by atoms with Crippen LogP contribution >= 0.6 is 0 Å². The molecule has 0 aromatic heterocycles. The topological polar surface area (TPSA) is 3.24 Å². The first kappa shape index (κ1) is 37.6. The largest absolute Gasteiger partial charge is 0.310 e. The molecule has 1 aliphatic heterocycles. The zero-order valence-electron chi connectivity index (χ0n) is 37.0. The summed E-state index contributed by atoms with van der Waals surface area (Å²) < 4.78 is 0. The summed E-state index contributed by atoms with van der Waals surface area (Å²) in [7, 11) is -2.80. The Morgan fingerprint density at radius 2 is 0.773 bits per heavy atom. The van der Waals surface area contributed by atoms with E-state index in [1.807, 2.05) is 0 Å². The van der Waals surface area contributed by atoms with Gasteiger partial charge in [0, 0.05) is 22.4 Å². The monoisotopic (exact) mass is 855 g/mol. The van der Waals surface area contributed by atoms with E-state index in [9.17, 15) is 0 Å². The SMILES string of the molecule is CC1(C)c2ccccc2-c2ccc(N(c3cccc([Si]4(c5ccccc5)c5ccccc5-c5ccccc54)c3)c3cccc4c3-c3ccccc3C43c4ccccc4-c4ccccc43)cc21. The molecule has 0 saturated heterocycles. The van der Waals surface area contributed by atoms with Gasteiger partial charge in [0.1, 0.15) is 0 Å². The molecule has 1 heterocycles. The van der Waals surface area contributed by atoms with Crippen LogP contribution in [0.2, 0.25) is 0 Å². The predicted molar refractivity (Wildman–Crippen MR) is 278 cm³/mol. The summed E-state index contributed by atoms with van der Waals surface area (Å²) >= 11 is 0. The highest BCUT2D eigenvalue weighted by atomic mass is 28.3. The highest BCUT2D eigenvalue weighted by Gasteiger charge is 2.53. The van der Waals surface area contributed by atoms with Crippen LogP contribution in [0.15, 0.2) is 237 Å². The Labute approximate surface area is 388 Å². The van der Waals surface area contributed by atoms with Crippen LogP contribution in [-0.4, -0.2) is 8.07 Å². The average Bonchev–Trinajstić information content (AvgIpc) is 4.04. The first-order chi connectivity index (χ1) is 32.5. The minimum Gasteiger partial charge on any atom is -0.310 e. The van der Waals surface area contributed by atoms with Crippen molar-refractivity contribution in [3.63, 3.8) is 0 Å². The Morgan fingerprint density at radius 1 is 0.318 bits per heavy atom. The highest BCUT2D eigenvalue weighted by molar-refractivity contribution is 7.22. The Balaban J connectivity index is 1.07. The number of hydrogen-bond acceptors (Lipinski definition) is 1. The van der Waals surface area contributed by atoms with Crippen molar-refractivity contribution in [3.8, 4) is 44.5 Å². The molecule has 0 radical (unpaired) electrons. The number of fused-ring (bicyclic) bond motifs is 16. The van der Waals surface area contributed by atoms with Gasteiger partial charge < -0.3 is 4.90 Å². The molecule has 10 aromatic carbocycles. The fourth-order valence-electron chi connectivity index (χ4n) is 13.2. The van der Waals surface area contributed by atoms with E-state index in [-0.39, 0.29) is 5.41 Å². The smallest absolute Gasteiger partial charge is 0.180 e. The number of rotatable bonds is 5. The van der Waals surface area contributed by atoms with Crippen molar-refractivity contribution in [1.29, 1.82) is 0 Å². The van der Waals surface area contributed by atoms with Gasteiger partial charge in [-0.15, -0.1) is 0 Å². The van der Waals surface area contributed by atoms with E-state index in [4.69, 9.17) is 0 Å². The summed E-state index contributed by atoms with van der Waals surface area (Å²) in [5, 5.41) is 5.69. The number of anilines is 3. The van der Waals surface area contributed by atoms with Gasteiger partial charge in [0.25, 0.3) is 0 Å². The van der Waals surface area contributed by atoms with Crippen molar-refractivity contribution in [3.05, 3.63) is 270 Å². The standard InChI is InChI=1S/C64H45NSi/c1-63(2)53-30-12-6-24-46(53)49-39-38-43(41-58(49)63)65(42-20-18-23-45(40-42)66(44-21-4-3-5-22-44)60-36-16-10-27-50(60)51-28-11-17-37-61(51)66)59-35-19-34-57-62(59)52-29-9-15-33-56(52)64(57)54-31-13-7-25-47(54)48-26-8-14-32-55(48)64/h3-41H,1-2H3. The van der Waals surface area contributed by atoms with Crippen LogP contribution in [0.1, 0.15) is 47.2 Å². The molecular weight excluding hydrogens is 811 g/mol. The fraction of sp³-hybridized carbons (Fsp3) is 0.0625. The molecule has 0 N–H and O–H groups in total. The molecule has 1 nitrogen and oxygen atoms in total. The lowest BCUT2D eigenvalue weighted by Gasteiger charge is -2.34. The van der Waals surface area contributed by atoms with Crippen molar-refractivity contribution in [2.24, 2.45) is 0 Å². The van der Waals surface area contributed by atoms with Gasteiger partial charge in [0.2, 0.25) is 0 Å². The Hall–Kier alpha value is -7.78. The van der Waals surface area contributed by atoms with E-state index in [1.165, 1.54) is 104 Å². The number of benzene rings is 10. The lowest BCUT2D eigenvalue weighted by Crippen LogP contribution is -2.72. The van der Waals surface area contributed by atoms with Crippen molar-refractivity contribution in [2.45, 2.75) is 24.7 Å². The van der Waals surface area contributed by atoms with Gasteiger partial charge in [-0.05, 0) is 123 Å². The van der Waals surface area contributed by atoms with Crippen LogP contribution in [0.5, 0.6) is 0 Å². The molecular formula is C64H45NSi. The van der Waals surface area contributed by atoms with E-state index in [0.29, 0.717) is 0 Å². The third-order valence-corrected chi connectivity index (χ3v) is 20.6. The van der Waals surface area contributed by atoms with Gasteiger partial charge in [0.05, 0.1) is 11.1 Å². The second-order valence-electron chi connectivity index (χ2n) is 19.1. The van der Waals surface area contributed by atoms with Crippen LogP contribution in [0.3, 0.4) is 0 Å². The molecule has 310 valence electrons. The van der Waals surface area contributed by atoms with Crippen molar-refractivity contribution >= 4 is 45.9 Å². The molecule has 0 unspecified atom stereocenters. The summed E-state index contributed by atoms with van der Waals surface area (Å²) in [4.78, 5) is 2.60. The fourth-order valence-corrected chi connectivity index (χ4v) is 18.4. The van der Waals surface area contributed by atoms with Gasteiger partial charge in [0.15, 0.2) is 8.07 Å². The molecule has 10 aromatic rings. The lowest BCUT2D eigenvalue weighted by atomic mass is 9.70. The van der Waals surface area contributed by atoms with Gasteiger partial charge in [-0.25, -0.2) is 0 Å². The third-order valence-electron chi connectivity index (χ3n) is 15.8. The molecule has 0 bridgehead atoms. The van der Waals surface area contributed by atoms with E-state index in [1.54, 1.807) is 0 Å². The Kier molecular flexibility index (Phi) is 7.76. The molecule has 0 amide bonds. The van der Waals surface area contributed by atoms with Gasteiger partial charge in [-0.1, -0.05) is 220 Å². The minimum absolute atomic E-state index is 0.163. The Bertz CT molecular complexity index is 3560. The van der Waals surface area contributed by atoms with Crippen LogP contribution in [0.25, 0.3) is 44.5 Å². The molecule has 14 rings (SSSR count). The van der Waals surface area contributed by atoms with Gasteiger partial charge >= 0.3 is 0 Å². The van der Waals surface area contributed by atoms with E-state index < -0.39 is 13.5 Å². The second-order valence-corrected chi connectivity index (χ2v) is 22.8. The summed E-state index contributed by atoms with van der Waals surface area (Å²) in [5.41, 5.74) is 21.6. The van der Waals surface area contributed by atoms with Crippen LogP contribution in [0.4, 0.5) is 17.1 Å². The molecule has 0 fully saturated rings. The molecule has 1 spiro atoms. The van der Waals surface area contributed by atoms with Crippen molar-refractivity contribution < 1.29 is 0 Å². The summed E-state index contributed by atoms with van der Waals surface area (Å²) in [6.45, 7) is 4.79. The van der Waals surface area contributed by atoms with E-state index in [2.05, 4.69) is 255 Å². The van der Waals surface area contributed by atoms with Crippen molar-refractivity contribution in [2.75, 3.05) is 4.90 Å². The average molecular weight is 856 g/mol. The van der Waals surface area contributed by atoms with Crippen LogP contribution < -0.4 is 25.6 Å². The second kappa shape index (κ2) is 13.6. The van der Waals surface area contributed by atoms with Gasteiger partial charge in [-0.2, -0.15) is 0 Å². The molecule has 0 saturated carbocycles. The molecule has 4 aliphatic rings. The van der Waals surface area contributed by atoms with Crippen molar-refractivity contribution in [1.82, 2.24) is 0 Å². The first-order valence-corrected chi connectivity index (χ1v) is 25.3. The maximum absolute atomic E-state index is 2.80. The number of nitrogens with zero attached hydrogens (tertiary/aromatic N) is 1. The quantitative estimate of drug-likeness (QED) is 0.156. The zero-order chi connectivity index (χ0) is 43.8. The number of hydrogen-bond donors (Lipinski definition) is 0. The first-order valence-electron chi connectivity index (χ1n) is 23.3. The summed E-state index contributed by atoms with van der Waals surface area (Å²) in [6, 6.07) is 90.3. The minimum atomic E-state index is -2.80. The van der Waals surface area contributed by atoms with E-state index >= 15 is 0 Å². The lowest BCUT2D eigenvalue weighted by molar-refractivity contribution is 0.660. The highest BCUT2D eigenvalue weighted by Crippen LogP contribution is 2.65. The van der Waals surface area contributed by atoms with Crippen LogP contribution in [0, 0.1) is 0 Å². The molecule has 2 heteroatoms. The molecule has 0 atom stereocenters. The maximum atomic E-state index is 2.60. The normalized spacial score (nSPS) is 15.2. The Morgan fingerprint density at radius 3 is 1.42 bits per heavy atom. The van der Waals surface area contributed by atoms with Gasteiger partial charge in [-0.3, -0.25) is 0 Å². The zero-order valence-corrected chi connectivity index (χ0v) is 38.0.